The van der Waals surface area contributed by atoms with Gasteiger partial charge in [-0.3, -0.25) is 19.2 Å². The van der Waals surface area contributed by atoms with E-state index in [1.54, 1.807) is 30.3 Å². The second kappa shape index (κ2) is 16.8. The monoisotopic (exact) mass is 729 g/mol. The summed E-state index contributed by atoms with van der Waals surface area (Å²) < 4.78 is 35.3. The Morgan fingerprint density at radius 3 is 2.08 bits per heavy atom. The second-order valence-corrected chi connectivity index (χ2v) is 13.1. The highest BCUT2D eigenvalue weighted by Crippen LogP contribution is 2.38. The Hall–Kier alpha value is -5.63. The van der Waals surface area contributed by atoms with Crippen molar-refractivity contribution in [3.63, 3.8) is 0 Å². The number of aromatic nitrogens is 3. The van der Waals surface area contributed by atoms with Crippen molar-refractivity contribution in [1.82, 2.24) is 15.0 Å². The lowest BCUT2D eigenvalue weighted by Gasteiger charge is -2.44. The molecule has 2 heterocycles. The molecule has 280 valence electrons. The van der Waals surface area contributed by atoms with Gasteiger partial charge in [0.15, 0.2) is 30.2 Å². The third-order valence-corrected chi connectivity index (χ3v) is 8.76. The van der Waals surface area contributed by atoms with Crippen molar-refractivity contribution < 1.29 is 52.4 Å². The topological polar surface area (TPSA) is 171 Å². The van der Waals surface area contributed by atoms with Crippen LogP contribution in [0.15, 0.2) is 60.7 Å². The van der Waals surface area contributed by atoms with Gasteiger partial charge in [-0.15, -0.1) is 5.10 Å². The summed E-state index contributed by atoms with van der Waals surface area (Å²) in [6.45, 7) is 10.5. The van der Waals surface area contributed by atoms with E-state index in [-0.39, 0.29) is 18.0 Å². The van der Waals surface area contributed by atoms with E-state index in [1.165, 1.54) is 17.2 Å². The van der Waals surface area contributed by atoms with E-state index in [4.69, 9.17) is 28.4 Å². The number of nitrogens with zero attached hydrogens (tertiary/aromatic N) is 3. The molecule has 2 aliphatic carbocycles. The molecule has 0 amide bonds. The van der Waals surface area contributed by atoms with Crippen LogP contribution in [0.3, 0.4) is 0 Å². The van der Waals surface area contributed by atoms with Gasteiger partial charge < -0.3 is 28.4 Å². The van der Waals surface area contributed by atoms with Gasteiger partial charge in [0.1, 0.15) is 18.4 Å². The number of rotatable bonds is 12. The molecule has 0 N–H and O–H groups in total. The van der Waals surface area contributed by atoms with Gasteiger partial charge in [-0.1, -0.05) is 79.7 Å². The first kappa shape index (κ1) is 38.6. The average molecular weight is 730 g/mol. The molecule has 3 aliphatic rings. The van der Waals surface area contributed by atoms with Gasteiger partial charge in [0, 0.05) is 39.7 Å². The maximum atomic E-state index is 13.8. The Morgan fingerprint density at radius 1 is 0.774 bits per heavy atom. The molecule has 1 aliphatic heterocycles. The van der Waals surface area contributed by atoms with E-state index in [9.17, 15) is 24.0 Å². The molecule has 0 saturated carbocycles. The average Bonchev–Trinajstić information content (AvgIpc) is 3.64. The Kier molecular flexibility index (Phi) is 12.2. The molecule has 5 atom stereocenters. The van der Waals surface area contributed by atoms with Crippen molar-refractivity contribution in [2.45, 2.75) is 91.4 Å². The predicted molar refractivity (Wildman–Crippen MR) is 189 cm³/mol. The van der Waals surface area contributed by atoms with Crippen LogP contribution in [-0.4, -0.2) is 82.5 Å². The standard InChI is InChI=1S/C39H43N3O11/c1-21(2)29-15-14-27(30-16-13-22(3)31(30)19-29)17-18-48-39(47)33-34(28-11-9-8-10-12-28)42(41-40-33)38-37(52-26(7)46)36(51-25(6)45)35(50-24(5)44)32(53-38)20-49-23(4)43/h8-16,19,21,32,35-38H,17-18,20H2,1-7H3/t32-,35-,36+,37+,38-/m1/s1. The summed E-state index contributed by atoms with van der Waals surface area (Å²) in [4.78, 5) is 62.8. The molecule has 2 aromatic rings. The number of aryl methyl sites for hydroxylation is 1. The largest absolute Gasteiger partial charge is 0.463 e. The molecule has 14 nitrogen and oxygen atoms in total. The van der Waals surface area contributed by atoms with Gasteiger partial charge in [0.2, 0.25) is 0 Å². The van der Waals surface area contributed by atoms with Crippen molar-refractivity contribution in [1.29, 1.82) is 0 Å². The number of esters is 5. The maximum absolute atomic E-state index is 13.8. The van der Waals surface area contributed by atoms with Crippen LogP contribution < -0.4 is 0 Å². The maximum Gasteiger partial charge on any atom is 0.361 e. The summed E-state index contributed by atoms with van der Waals surface area (Å²) in [5, 5.41) is 8.46. The van der Waals surface area contributed by atoms with Gasteiger partial charge in [-0.2, -0.15) is 0 Å². The lowest BCUT2D eigenvalue weighted by atomic mass is 9.96. The highest BCUT2D eigenvalue weighted by molar-refractivity contribution is 5.94. The zero-order valence-corrected chi connectivity index (χ0v) is 30.7. The minimum atomic E-state index is -1.48. The van der Waals surface area contributed by atoms with Crippen LogP contribution in [0.2, 0.25) is 0 Å². The van der Waals surface area contributed by atoms with Crippen LogP contribution in [-0.2, 0) is 54.0 Å². The molecule has 14 heteroatoms. The van der Waals surface area contributed by atoms with Crippen molar-refractivity contribution >= 4 is 29.8 Å². The normalized spacial score (nSPS) is 19.7. The fraction of sp³-hybridized carbons (Fsp3) is 0.410. The molecular weight excluding hydrogens is 686 g/mol. The van der Waals surface area contributed by atoms with Crippen LogP contribution in [0.5, 0.6) is 0 Å². The van der Waals surface area contributed by atoms with E-state index >= 15 is 0 Å². The van der Waals surface area contributed by atoms with Crippen LogP contribution in [0.1, 0.15) is 80.9 Å². The molecule has 1 aromatic heterocycles. The van der Waals surface area contributed by atoms with Crippen molar-refractivity contribution in [2.75, 3.05) is 13.2 Å². The smallest absolute Gasteiger partial charge is 0.361 e. The SMILES string of the molecule is CC(=O)OC[C@H]1O[C@@H](n2nnc(C(=O)OCCc3ccc(C(C)C)cc4c(C)ccc3-4)c2-c2ccccc2)[C@@H](OC(C)=O)[C@@H](OC(C)=O)[C@@H]1OC(C)=O. The molecule has 0 bridgehead atoms. The van der Waals surface area contributed by atoms with Crippen LogP contribution in [0, 0.1) is 6.92 Å². The predicted octanol–water partition coefficient (Wildman–Crippen LogP) is 5.14. The number of ether oxygens (including phenoxy) is 6. The number of carbonyl (C=O) groups is 5. The molecular formula is C39H43N3O11. The molecule has 1 saturated heterocycles. The molecule has 0 radical (unpaired) electrons. The number of hydrogen-bond donors (Lipinski definition) is 0. The Balaban J connectivity index is 1.52. The number of hydrogen-bond acceptors (Lipinski definition) is 13. The Morgan fingerprint density at radius 2 is 1.43 bits per heavy atom. The summed E-state index contributed by atoms with van der Waals surface area (Å²) in [7, 11) is 0. The first-order chi connectivity index (χ1) is 25.2. The van der Waals surface area contributed by atoms with Gasteiger partial charge in [0.25, 0.3) is 0 Å². The van der Waals surface area contributed by atoms with Gasteiger partial charge in [0.05, 0.1) is 6.61 Å². The molecule has 1 fully saturated rings. The second-order valence-electron chi connectivity index (χ2n) is 13.1. The van der Waals surface area contributed by atoms with Crippen molar-refractivity contribution in [3.05, 3.63) is 83.0 Å². The first-order valence-corrected chi connectivity index (χ1v) is 17.3. The Labute approximate surface area is 307 Å². The van der Waals surface area contributed by atoms with Crippen LogP contribution >= 0.6 is 0 Å². The summed E-state index contributed by atoms with van der Waals surface area (Å²) in [6.07, 6.45) is -6.57. The van der Waals surface area contributed by atoms with Crippen LogP contribution in [0.25, 0.3) is 22.4 Å². The lowest BCUT2D eigenvalue weighted by Crippen LogP contribution is -2.60. The third kappa shape index (κ3) is 9.06. The highest BCUT2D eigenvalue weighted by Gasteiger charge is 2.54. The van der Waals surface area contributed by atoms with Crippen LogP contribution in [0.4, 0.5) is 0 Å². The summed E-state index contributed by atoms with van der Waals surface area (Å²) in [5.41, 5.74) is 6.02. The zero-order valence-electron chi connectivity index (χ0n) is 30.7. The fourth-order valence-corrected chi connectivity index (χ4v) is 6.35. The summed E-state index contributed by atoms with van der Waals surface area (Å²) >= 11 is 0. The highest BCUT2D eigenvalue weighted by atomic mass is 16.7. The number of benzene rings is 1. The molecule has 0 spiro atoms. The zero-order chi connectivity index (χ0) is 38.4. The lowest BCUT2D eigenvalue weighted by molar-refractivity contribution is -0.270. The molecule has 5 rings (SSSR count). The molecule has 1 aromatic carbocycles. The minimum Gasteiger partial charge on any atom is -0.463 e. The van der Waals surface area contributed by atoms with Crippen molar-refractivity contribution in [3.8, 4) is 22.4 Å². The number of fused-ring (bicyclic) bond motifs is 1. The molecule has 0 unspecified atom stereocenters. The Bertz CT molecular complexity index is 1940. The van der Waals surface area contributed by atoms with Gasteiger partial charge in [-0.25, -0.2) is 9.48 Å². The van der Waals surface area contributed by atoms with E-state index < -0.39 is 67.1 Å². The van der Waals surface area contributed by atoms with E-state index in [1.807, 2.05) is 0 Å². The van der Waals surface area contributed by atoms with Gasteiger partial charge in [-0.05, 0) is 40.7 Å². The summed E-state index contributed by atoms with van der Waals surface area (Å²) in [5.74, 6) is -3.45. The first-order valence-electron chi connectivity index (χ1n) is 17.3. The number of carbonyl (C=O) groups excluding carboxylic acids is 5. The fourth-order valence-electron chi connectivity index (χ4n) is 6.35. The van der Waals surface area contributed by atoms with E-state index in [2.05, 4.69) is 61.4 Å². The quantitative estimate of drug-likeness (QED) is 0.139. The van der Waals surface area contributed by atoms with Gasteiger partial charge >= 0.3 is 29.8 Å². The minimum absolute atomic E-state index is 0.0271. The van der Waals surface area contributed by atoms with Crippen molar-refractivity contribution in [2.24, 2.45) is 0 Å². The third-order valence-electron chi connectivity index (χ3n) is 8.76. The van der Waals surface area contributed by atoms with E-state index in [0.717, 1.165) is 43.0 Å². The summed E-state index contributed by atoms with van der Waals surface area (Å²) in [6, 6.07) is 19.2. The van der Waals surface area contributed by atoms with E-state index in [0.29, 0.717) is 17.9 Å². The molecule has 53 heavy (non-hydrogen) atoms.